The van der Waals surface area contributed by atoms with E-state index in [4.69, 9.17) is 19.0 Å². The molecule has 2 rings (SSSR count). The number of benzene rings is 1. The molecule has 0 bridgehead atoms. The maximum absolute atomic E-state index is 12.2. The molecule has 156 valence electrons. The van der Waals surface area contributed by atoms with Crippen molar-refractivity contribution in [1.29, 1.82) is 0 Å². The second-order valence-electron chi connectivity index (χ2n) is 6.90. The van der Waals surface area contributed by atoms with Crippen molar-refractivity contribution in [2.45, 2.75) is 40.0 Å². The monoisotopic (exact) mass is 402 g/mol. The van der Waals surface area contributed by atoms with Gasteiger partial charge in [0.25, 0.3) is 0 Å². The third-order valence-corrected chi connectivity index (χ3v) is 4.15. The Balaban J connectivity index is 2.09. The van der Waals surface area contributed by atoms with Crippen LogP contribution >= 0.6 is 0 Å². The number of rotatable bonds is 10. The fraction of sp³-hybridized carbons (Fsp3) is 0.364. The number of carboxylic acids is 1. The predicted molar refractivity (Wildman–Crippen MR) is 110 cm³/mol. The number of carbonyl (C=O) groups is 1. The van der Waals surface area contributed by atoms with Gasteiger partial charge in [-0.2, -0.15) is 0 Å². The van der Waals surface area contributed by atoms with Gasteiger partial charge in [0.05, 0.1) is 18.4 Å². The topological polar surface area (TPSA) is 106 Å². The van der Waals surface area contributed by atoms with E-state index >= 15 is 0 Å². The van der Waals surface area contributed by atoms with Crippen molar-refractivity contribution in [3.05, 3.63) is 51.9 Å². The van der Waals surface area contributed by atoms with Crippen LogP contribution in [-0.2, 0) is 4.79 Å². The fourth-order valence-electron chi connectivity index (χ4n) is 2.58. The highest BCUT2D eigenvalue weighted by molar-refractivity contribution is 5.86. The van der Waals surface area contributed by atoms with E-state index in [1.54, 1.807) is 6.07 Å². The van der Waals surface area contributed by atoms with Crippen molar-refractivity contribution in [3.63, 3.8) is 0 Å². The summed E-state index contributed by atoms with van der Waals surface area (Å²) in [6.45, 7) is 6.21. The third kappa shape index (κ3) is 6.71. The number of ether oxygens (including phenoxy) is 2. The summed E-state index contributed by atoms with van der Waals surface area (Å²) in [4.78, 5) is 22.7. The molecule has 0 aliphatic rings. The molecule has 0 atom stereocenters. The third-order valence-electron chi connectivity index (χ3n) is 4.15. The van der Waals surface area contributed by atoms with Gasteiger partial charge in [0, 0.05) is 6.07 Å². The second kappa shape index (κ2) is 10.4. The molecule has 0 radical (unpaired) electrons. The maximum atomic E-state index is 12.2. The summed E-state index contributed by atoms with van der Waals surface area (Å²) >= 11 is 0. The molecule has 0 fully saturated rings. The van der Waals surface area contributed by atoms with Gasteiger partial charge in [-0.05, 0) is 51.8 Å². The summed E-state index contributed by atoms with van der Waals surface area (Å²) in [6, 6.07) is 4.51. The van der Waals surface area contributed by atoms with Crippen molar-refractivity contribution < 1.29 is 28.9 Å². The van der Waals surface area contributed by atoms with Gasteiger partial charge in [-0.1, -0.05) is 17.2 Å². The quantitative estimate of drug-likeness (QED) is 0.447. The zero-order valence-electron chi connectivity index (χ0n) is 16.9. The van der Waals surface area contributed by atoms with E-state index in [0.29, 0.717) is 11.1 Å². The molecule has 0 spiro atoms. The molecule has 0 saturated heterocycles. The molecule has 1 heterocycles. The van der Waals surface area contributed by atoms with E-state index in [-0.39, 0.29) is 36.7 Å². The van der Waals surface area contributed by atoms with Crippen molar-refractivity contribution >= 4 is 16.9 Å². The normalized spacial score (nSPS) is 11.3. The van der Waals surface area contributed by atoms with Gasteiger partial charge in [0.2, 0.25) is 5.75 Å². The molecule has 7 heteroatoms. The largest absolute Gasteiger partial charge is 0.504 e. The molecule has 2 N–H and O–H groups in total. The predicted octanol–water partition coefficient (Wildman–Crippen LogP) is 4.42. The van der Waals surface area contributed by atoms with E-state index in [2.05, 4.69) is 19.9 Å². The number of carboxylic acid groups (broad SMARTS) is 1. The van der Waals surface area contributed by atoms with Crippen molar-refractivity contribution in [2.75, 3.05) is 13.2 Å². The Morgan fingerprint density at radius 3 is 2.59 bits per heavy atom. The first kappa shape index (κ1) is 22.1. The van der Waals surface area contributed by atoms with Gasteiger partial charge >= 0.3 is 11.6 Å². The van der Waals surface area contributed by atoms with Crippen LogP contribution in [0.15, 0.2) is 50.7 Å². The second-order valence-corrected chi connectivity index (χ2v) is 6.90. The number of hydrogen-bond acceptors (Lipinski definition) is 6. The average molecular weight is 402 g/mol. The number of allylic oxidation sites excluding steroid dienone is 3. The smallest absolute Gasteiger partial charge is 0.383 e. The molecule has 0 aliphatic carbocycles. The molecule has 7 nitrogen and oxygen atoms in total. The SMILES string of the molecule is CC(C)=CCCC(C)=CCOc1c(O)c2ccc(OCCC(=O)O)cc2oc1=O. The Labute approximate surface area is 168 Å². The number of aliphatic carboxylic acids is 1. The zero-order chi connectivity index (χ0) is 21.4. The lowest BCUT2D eigenvalue weighted by atomic mass is 10.1. The first-order valence-electron chi connectivity index (χ1n) is 9.34. The maximum Gasteiger partial charge on any atom is 0.383 e. The highest BCUT2D eigenvalue weighted by Crippen LogP contribution is 2.33. The Morgan fingerprint density at radius 1 is 1.14 bits per heavy atom. The Kier molecular flexibility index (Phi) is 7.88. The van der Waals surface area contributed by atoms with Crippen LogP contribution in [0.1, 0.15) is 40.0 Å². The van der Waals surface area contributed by atoms with E-state index in [9.17, 15) is 14.7 Å². The minimum absolute atomic E-state index is 0.0163. The molecule has 0 aliphatic heterocycles. The lowest BCUT2D eigenvalue weighted by molar-refractivity contribution is -0.137. The van der Waals surface area contributed by atoms with Crippen LogP contribution in [0, 0.1) is 0 Å². The first-order chi connectivity index (χ1) is 13.8. The summed E-state index contributed by atoms with van der Waals surface area (Å²) in [6.07, 6.45) is 5.69. The number of hydrogen-bond donors (Lipinski definition) is 2. The molecular weight excluding hydrogens is 376 g/mol. The molecular formula is C22H26O7. The zero-order valence-corrected chi connectivity index (χ0v) is 16.9. The van der Waals surface area contributed by atoms with Crippen molar-refractivity contribution in [3.8, 4) is 17.2 Å². The summed E-state index contributed by atoms with van der Waals surface area (Å²) in [7, 11) is 0. The summed E-state index contributed by atoms with van der Waals surface area (Å²) in [5, 5.41) is 19.3. The van der Waals surface area contributed by atoms with Crippen LogP contribution in [0.4, 0.5) is 0 Å². The minimum Gasteiger partial charge on any atom is -0.504 e. The highest BCUT2D eigenvalue weighted by atomic mass is 16.5. The first-order valence-corrected chi connectivity index (χ1v) is 9.34. The highest BCUT2D eigenvalue weighted by Gasteiger charge is 2.16. The van der Waals surface area contributed by atoms with Crippen LogP contribution in [0.3, 0.4) is 0 Å². The van der Waals surface area contributed by atoms with E-state index in [1.807, 2.05) is 13.0 Å². The molecule has 1 aromatic heterocycles. The number of fused-ring (bicyclic) bond motifs is 1. The van der Waals surface area contributed by atoms with Gasteiger partial charge in [0.1, 0.15) is 17.9 Å². The standard InChI is InChI=1S/C22H26O7/c1-14(2)5-4-6-15(3)9-11-28-21-20(25)17-8-7-16(27-12-10-19(23)24)13-18(17)29-22(21)26/h5,7-9,13,25H,4,6,10-12H2,1-3H3,(H,23,24). The van der Waals surface area contributed by atoms with E-state index in [1.165, 1.54) is 17.7 Å². The van der Waals surface area contributed by atoms with Crippen LogP contribution in [0.2, 0.25) is 0 Å². The Bertz CT molecular complexity index is 979. The van der Waals surface area contributed by atoms with E-state index in [0.717, 1.165) is 18.4 Å². The molecule has 0 amide bonds. The summed E-state index contributed by atoms with van der Waals surface area (Å²) in [5.74, 6) is -1.18. The molecule has 0 saturated carbocycles. The molecule has 2 aromatic rings. The molecule has 0 unspecified atom stereocenters. The lowest BCUT2D eigenvalue weighted by Gasteiger charge is -2.09. The van der Waals surface area contributed by atoms with Gasteiger partial charge in [0.15, 0.2) is 5.75 Å². The van der Waals surface area contributed by atoms with Crippen LogP contribution in [0.5, 0.6) is 17.2 Å². The summed E-state index contributed by atoms with van der Waals surface area (Å²) in [5.41, 5.74) is 1.72. The fourth-order valence-corrected chi connectivity index (χ4v) is 2.58. The van der Waals surface area contributed by atoms with Crippen LogP contribution < -0.4 is 15.1 Å². The molecule has 1 aromatic carbocycles. The summed E-state index contributed by atoms with van der Waals surface area (Å²) < 4.78 is 16.0. The molecule has 29 heavy (non-hydrogen) atoms. The average Bonchev–Trinajstić information content (AvgIpc) is 2.63. The van der Waals surface area contributed by atoms with Crippen LogP contribution in [0.25, 0.3) is 11.0 Å². The van der Waals surface area contributed by atoms with Gasteiger partial charge in [-0.15, -0.1) is 0 Å². The van der Waals surface area contributed by atoms with Gasteiger partial charge < -0.3 is 24.1 Å². The van der Waals surface area contributed by atoms with E-state index < -0.39 is 11.6 Å². The van der Waals surface area contributed by atoms with Crippen molar-refractivity contribution in [2.24, 2.45) is 0 Å². The minimum atomic E-state index is -0.974. The Morgan fingerprint density at radius 2 is 1.90 bits per heavy atom. The van der Waals surface area contributed by atoms with Crippen molar-refractivity contribution in [1.82, 2.24) is 0 Å². The number of aromatic hydroxyl groups is 1. The Hall–Kier alpha value is -3.22. The van der Waals surface area contributed by atoms with Gasteiger partial charge in [-0.25, -0.2) is 4.79 Å². The van der Waals surface area contributed by atoms with Gasteiger partial charge in [-0.3, -0.25) is 4.79 Å². The lowest BCUT2D eigenvalue weighted by Crippen LogP contribution is -2.08. The van der Waals surface area contributed by atoms with Crippen LogP contribution in [-0.4, -0.2) is 29.4 Å².